The van der Waals surface area contributed by atoms with Crippen molar-refractivity contribution in [3.05, 3.63) is 36.4 Å². The Morgan fingerprint density at radius 1 is 1.08 bits per heavy atom. The maximum atomic E-state index is 13.3. The fourth-order valence-electron chi connectivity index (χ4n) is 9.65. The molecule has 7 heteroatoms. The van der Waals surface area contributed by atoms with Crippen LogP contribution in [0.25, 0.3) is 0 Å². The zero-order valence-corrected chi connectivity index (χ0v) is 22.9. The molecule has 6 rings (SSSR count). The van der Waals surface area contributed by atoms with Gasteiger partial charge in [-0.15, -0.1) is 0 Å². The highest BCUT2D eigenvalue weighted by molar-refractivity contribution is 5.99. The van der Waals surface area contributed by atoms with E-state index in [0.717, 1.165) is 30.1 Å². The van der Waals surface area contributed by atoms with E-state index < -0.39 is 6.03 Å². The molecule has 2 aliphatic heterocycles. The van der Waals surface area contributed by atoms with Crippen molar-refractivity contribution < 1.29 is 14.8 Å². The number of carbonyl (C=O) groups excluding carboxylic acids is 2. The average molecular weight is 507 g/mol. The molecule has 0 radical (unpaired) electrons. The number of amides is 3. The van der Waals surface area contributed by atoms with Gasteiger partial charge < -0.3 is 9.80 Å². The number of urea groups is 1. The number of hydrogen-bond donors (Lipinski definition) is 1. The monoisotopic (exact) mass is 506 g/mol. The van der Waals surface area contributed by atoms with Crippen LogP contribution in [0.1, 0.15) is 58.8 Å². The number of carbonyl (C=O) groups is 2. The number of hydrogen-bond acceptors (Lipinski definition) is 4. The lowest BCUT2D eigenvalue weighted by molar-refractivity contribution is -0.145. The number of para-hydroxylation sites is 2. The summed E-state index contributed by atoms with van der Waals surface area (Å²) in [4.78, 5) is 32.2. The SMILES string of the molecule is CN(O)C(=O)N1c2ccccc2N(C)C1CC1C[C@H]2[C@@H]3CCC[C@@]3(C)CC[C@@H]2[C@@]2(C)C=CC(=O)N(C)[C@H]12. The van der Waals surface area contributed by atoms with Gasteiger partial charge in [-0.2, -0.15) is 0 Å². The second-order valence-electron chi connectivity index (χ2n) is 13.0. The van der Waals surface area contributed by atoms with E-state index >= 15 is 0 Å². The predicted molar refractivity (Wildman–Crippen MR) is 144 cm³/mol. The van der Waals surface area contributed by atoms with Gasteiger partial charge in [-0.1, -0.05) is 38.5 Å². The van der Waals surface area contributed by atoms with Crippen LogP contribution in [0.15, 0.2) is 36.4 Å². The van der Waals surface area contributed by atoms with Gasteiger partial charge in [0.1, 0.15) is 6.17 Å². The Kier molecular flexibility index (Phi) is 5.68. The molecule has 0 spiro atoms. The summed E-state index contributed by atoms with van der Waals surface area (Å²) in [5.74, 6) is 2.28. The number of rotatable bonds is 2. The van der Waals surface area contributed by atoms with Crippen molar-refractivity contribution in [3.8, 4) is 0 Å². The predicted octanol–water partition coefficient (Wildman–Crippen LogP) is 5.36. The molecular formula is C30H42N4O3. The van der Waals surface area contributed by atoms with Crippen LogP contribution in [0.2, 0.25) is 0 Å². The third-order valence-electron chi connectivity index (χ3n) is 11.3. The van der Waals surface area contributed by atoms with E-state index in [1.807, 2.05) is 49.3 Å². The Labute approximate surface area is 221 Å². The molecule has 200 valence electrons. The Bertz CT molecular complexity index is 1140. The summed E-state index contributed by atoms with van der Waals surface area (Å²) in [6, 6.07) is 7.60. The van der Waals surface area contributed by atoms with Gasteiger partial charge >= 0.3 is 6.03 Å². The van der Waals surface area contributed by atoms with Gasteiger partial charge in [-0.05, 0) is 85.8 Å². The molecule has 37 heavy (non-hydrogen) atoms. The Morgan fingerprint density at radius 2 is 1.81 bits per heavy atom. The average Bonchev–Trinajstić information content (AvgIpc) is 3.39. The molecule has 1 N–H and O–H groups in total. The summed E-state index contributed by atoms with van der Waals surface area (Å²) >= 11 is 0. The lowest BCUT2D eigenvalue weighted by Crippen LogP contribution is -2.64. The van der Waals surface area contributed by atoms with Crippen molar-refractivity contribution in [1.29, 1.82) is 0 Å². The molecule has 5 aliphatic rings. The highest BCUT2D eigenvalue weighted by atomic mass is 16.5. The smallest absolute Gasteiger partial charge is 0.349 e. The van der Waals surface area contributed by atoms with Crippen LogP contribution in [-0.4, -0.2) is 60.5 Å². The first kappa shape index (κ1) is 24.8. The number of nitrogens with zero attached hydrogens (tertiary/aromatic N) is 4. The van der Waals surface area contributed by atoms with Crippen molar-refractivity contribution in [1.82, 2.24) is 9.96 Å². The molecule has 3 saturated carbocycles. The molecule has 3 aliphatic carbocycles. The van der Waals surface area contributed by atoms with Gasteiger partial charge in [0, 0.05) is 32.6 Å². The van der Waals surface area contributed by atoms with E-state index in [9.17, 15) is 14.8 Å². The summed E-state index contributed by atoms with van der Waals surface area (Å²) in [5, 5.41) is 10.9. The Balaban J connectivity index is 1.40. The van der Waals surface area contributed by atoms with Crippen molar-refractivity contribution in [2.24, 2.45) is 34.5 Å². The van der Waals surface area contributed by atoms with Gasteiger partial charge in [0.25, 0.3) is 0 Å². The van der Waals surface area contributed by atoms with Crippen LogP contribution in [-0.2, 0) is 4.79 Å². The number of anilines is 2. The summed E-state index contributed by atoms with van der Waals surface area (Å²) in [7, 11) is 5.41. The number of benzene rings is 1. The lowest BCUT2D eigenvalue weighted by Gasteiger charge is -2.62. The number of likely N-dealkylation sites (N-methyl/N-ethyl adjacent to an activating group) is 1. The summed E-state index contributed by atoms with van der Waals surface area (Å²) in [6.45, 7) is 4.92. The zero-order chi connectivity index (χ0) is 26.3. The van der Waals surface area contributed by atoms with Crippen molar-refractivity contribution in [3.63, 3.8) is 0 Å². The first-order valence-corrected chi connectivity index (χ1v) is 14.1. The van der Waals surface area contributed by atoms with E-state index in [4.69, 9.17) is 0 Å². The summed E-state index contributed by atoms with van der Waals surface area (Å²) in [6.07, 6.45) is 12.2. The minimum Gasteiger partial charge on any atom is -0.352 e. The number of fused-ring (bicyclic) bond motifs is 6. The fraction of sp³-hybridized carbons (Fsp3) is 0.667. The lowest BCUT2D eigenvalue weighted by atomic mass is 9.46. The molecular weight excluding hydrogens is 464 g/mol. The molecule has 1 aromatic carbocycles. The van der Waals surface area contributed by atoms with Crippen LogP contribution in [0.4, 0.5) is 16.2 Å². The van der Waals surface area contributed by atoms with E-state index in [1.54, 1.807) is 4.90 Å². The van der Waals surface area contributed by atoms with Crippen LogP contribution >= 0.6 is 0 Å². The quantitative estimate of drug-likeness (QED) is 0.433. The van der Waals surface area contributed by atoms with Crippen LogP contribution in [0, 0.1) is 34.5 Å². The second-order valence-corrected chi connectivity index (χ2v) is 13.0. The molecule has 3 fully saturated rings. The maximum Gasteiger partial charge on any atom is 0.349 e. The molecule has 7 nitrogen and oxygen atoms in total. The van der Waals surface area contributed by atoms with Gasteiger partial charge in [-0.3, -0.25) is 14.9 Å². The van der Waals surface area contributed by atoms with E-state index in [0.29, 0.717) is 22.3 Å². The standard InChI is InChI=1S/C30H42N4O3/c1-29-14-8-9-21(29)20-17-19(27-30(2,22(20)12-15-29)16-13-26(35)32(27)4)18-25-31(3)23-10-6-7-11-24(23)34(25)28(36)33(5)37/h6-7,10-11,13,16,19-22,25,27,37H,8-9,12,14-15,17-18H2,1-5H3/t19?,20-,21-,22-,25?,27+,29-,30+/m0/s1. The third kappa shape index (κ3) is 3.49. The van der Waals surface area contributed by atoms with Crippen LogP contribution in [0.5, 0.6) is 0 Å². The fourth-order valence-corrected chi connectivity index (χ4v) is 9.65. The molecule has 1 aromatic rings. The molecule has 0 aromatic heterocycles. The Hall–Kier alpha value is -2.54. The van der Waals surface area contributed by atoms with Crippen molar-refractivity contribution >= 4 is 23.3 Å². The van der Waals surface area contributed by atoms with Crippen molar-refractivity contribution in [2.45, 2.75) is 71.0 Å². The second kappa shape index (κ2) is 8.48. The number of hydroxylamine groups is 2. The first-order chi connectivity index (χ1) is 17.6. The maximum absolute atomic E-state index is 13.3. The highest BCUT2D eigenvalue weighted by Crippen LogP contribution is 2.65. The van der Waals surface area contributed by atoms with Crippen LogP contribution in [0.3, 0.4) is 0 Å². The first-order valence-electron chi connectivity index (χ1n) is 14.1. The highest BCUT2D eigenvalue weighted by Gasteiger charge is 2.61. The van der Waals surface area contributed by atoms with Gasteiger partial charge in [-0.25, -0.2) is 9.86 Å². The molecule has 0 saturated heterocycles. The molecule has 0 bridgehead atoms. The minimum atomic E-state index is -0.424. The van der Waals surface area contributed by atoms with Crippen LogP contribution < -0.4 is 9.80 Å². The molecule has 8 atom stereocenters. The largest absolute Gasteiger partial charge is 0.352 e. The molecule has 3 amide bonds. The topological polar surface area (TPSA) is 67.3 Å². The zero-order valence-electron chi connectivity index (χ0n) is 22.9. The van der Waals surface area contributed by atoms with Crippen molar-refractivity contribution in [2.75, 3.05) is 30.9 Å². The van der Waals surface area contributed by atoms with Gasteiger partial charge in [0.15, 0.2) is 0 Å². The molecule has 2 heterocycles. The van der Waals surface area contributed by atoms with Gasteiger partial charge in [0.2, 0.25) is 5.91 Å². The third-order valence-corrected chi connectivity index (χ3v) is 11.3. The summed E-state index contributed by atoms with van der Waals surface area (Å²) < 4.78 is 0. The molecule has 2 unspecified atom stereocenters. The van der Waals surface area contributed by atoms with E-state index in [1.165, 1.54) is 39.2 Å². The normalized spacial score (nSPS) is 40.3. The van der Waals surface area contributed by atoms with Gasteiger partial charge in [0.05, 0.1) is 11.4 Å². The van der Waals surface area contributed by atoms with E-state index in [2.05, 4.69) is 24.8 Å². The Morgan fingerprint density at radius 3 is 2.54 bits per heavy atom. The minimum absolute atomic E-state index is 0.0766. The summed E-state index contributed by atoms with van der Waals surface area (Å²) in [5.41, 5.74) is 2.18. The van der Waals surface area contributed by atoms with E-state index in [-0.39, 0.29) is 29.4 Å².